The highest BCUT2D eigenvalue weighted by atomic mass is 16.5. The summed E-state index contributed by atoms with van der Waals surface area (Å²) in [5, 5.41) is 0. The zero-order valence-corrected chi connectivity index (χ0v) is 11.1. The third-order valence-corrected chi connectivity index (χ3v) is 3.29. The standard InChI is InChI=1S/C14H18N2O3/c1-19-14(18)11-5-6-12(15-10-11)9-13(17)16-7-3-2-4-8-16/h5-6,10H,2-4,7-9H2,1H3. The molecule has 0 radical (unpaired) electrons. The summed E-state index contributed by atoms with van der Waals surface area (Å²) < 4.78 is 4.60. The second kappa shape index (κ2) is 6.31. The number of hydrogen-bond donors (Lipinski definition) is 0. The molecule has 0 atom stereocenters. The van der Waals surface area contributed by atoms with E-state index in [0.717, 1.165) is 25.9 Å². The largest absolute Gasteiger partial charge is 0.465 e. The van der Waals surface area contributed by atoms with E-state index < -0.39 is 5.97 Å². The monoisotopic (exact) mass is 262 g/mol. The van der Waals surface area contributed by atoms with Gasteiger partial charge in [-0.05, 0) is 31.4 Å². The van der Waals surface area contributed by atoms with E-state index in [9.17, 15) is 9.59 Å². The van der Waals surface area contributed by atoms with Crippen molar-refractivity contribution in [1.82, 2.24) is 9.88 Å². The van der Waals surface area contributed by atoms with Crippen LogP contribution in [0.3, 0.4) is 0 Å². The summed E-state index contributed by atoms with van der Waals surface area (Å²) in [5.41, 5.74) is 1.08. The maximum absolute atomic E-state index is 12.0. The van der Waals surface area contributed by atoms with E-state index in [1.54, 1.807) is 12.1 Å². The normalized spacial score (nSPS) is 15.1. The number of aromatic nitrogens is 1. The lowest BCUT2D eigenvalue weighted by molar-refractivity contribution is -0.131. The van der Waals surface area contributed by atoms with Crippen LogP contribution < -0.4 is 0 Å². The molecule has 0 aliphatic carbocycles. The van der Waals surface area contributed by atoms with Gasteiger partial charge in [0.25, 0.3) is 0 Å². The molecule has 1 amide bonds. The summed E-state index contributed by atoms with van der Waals surface area (Å²) in [7, 11) is 1.33. The molecule has 1 saturated heterocycles. The van der Waals surface area contributed by atoms with Gasteiger partial charge < -0.3 is 9.64 Å². The molecule has 1 aromatic rings. The molecule has 1 aliphatic heterocycles. The molecule has 2 heterocycles. The Kier molecular flexibility index (Phi) is 4.49. The Labute approximate surface area is 112 Å². The molecule has 0 spiro atoms. The highest BCUT2D eigenvalue weighted by molar-refractivity contribution is 5.89. The lowest BCUT2D eigenvalue weighted by atomic mass is 10.1. The van der Waals surface area contributed by atoms with Gasteiger partial charge in [-0.3, -0.25) is 9.78 Å². The summed E-state index contributed by atoms with van der Waals surface area (Å²) >= 11 is 0. The fourth-order valence-corrected chi connectivity index (χ4v) is 2.18. The first-order valence-electron chi connectivity index (χ1n) is 6.51. The SMILES string of the molecule is COC(=O)c1ccc(CC(=O)N2CCCCC2)nc1. The van der Waals surface area contributed by atoms with E-state index in [1.165, 1.54) is 19.7 Å². The fourth-order valence-electron chi connectivity index (χ4n) is 2.18. The van der Waals surface area contributed by atoms with Crippen LogP contribution in [0.15, 0.2) is 18.3 Å². The Bertz CT molecular complexity index is 450. The zero-order chi connectivity index (χ0) is 13.7. The van der Waals surface area contributed by atoms with Crippen molar-refractivity contribution >= 4 is 11.9 Å². The van der Waals surface area contributed by atoms with Gasteiger partial charge in [-0.25, -0.2) is 4.79 Å². The number of esters is 1. The van der Waals surface area contributed by atoms with Gasteiger partial charge in [0.15, 0.2) is 0 Å². The number of piperidine rings is 1. The maximum Gasteiger partial charge on any atom is 0.339 e. The van der Waals surface area contributed by atoms with Gasteiger partial charge in [-0.2, -0.15) is 0 Å². The molecule has 0 saturated carbocycles. The van der Waals surface area contributed by atoms with Gasteiger partial charge in [-0.15, -0.1) is 0 Å². The van der Waals surface area contributed by atoms with Gasteiger partial charge in [0.05, 0.1) is 19.1 Å². The molecule has 5 heteroatoms. The second-order valence-corrected chi connectivity index (χ2v) is 4.65. The lowest BCUT2D eigenvalue weighted by Gasteiger charge is -2.26. The zero-order valence-electron chi connectivity index (χ0n) is 11.1. The number of likely N-dealkylation sites (tertiary alicyclic amines) is 1. The molecule has 1 fully saturated rings. The van der Waals surface area contributed by atoms with Crippen molar-refractivity contribution in [2.24, 2.45) is 0 Å². The summed E-state index contributed by atoms with van der Waals surface area (Å²) in [4.78, 5) is 29.3. The molecule has 0 unspecified atom stereocenters. The van der Waals surface area contributed by atoms with Gasteiger partial charge in [-0.1, -0.05) is 0 Å². The van der Waals surface area contributed by atoms with E-state index in [-0.39, 0.29) is 5.91 Å². The summed E-state index contributed by atoms with van der Waals surface area (Å²) in [6, 6.07) is 3.34. The van der Waals surface area contributed by atoms with Crippen LogP contribution in [0, 0.1) is 0 Å². The molecule has 102 valence electrons. The van der Waals surface area contributed by atoms with E-state index in [0.29, 0.717) is 17.7 Å². The summed E-state index contributed by atoms with van der Waals surface area (Å²) in [5.74, 6) is -0.306. The predicted octanol–water partition coefficient (Wildman–Crippen LogP) is 1.42. The average Bonchev–Trinajstić information content (AvgIpc) is 2.48. The number of carbonyl (C=O) groups is 2. The van der Waals surface area contributed by atoms with E-state index in [1.807, 2.05) is 4.90 Å². The van der Waals surface area contributed by atoms with Crippen LogP contribution in [0.4, 0.5) is 0 Å². The van der Waals surface area contributed by atoms with Crippen molar-refractivity contribution in [2.75, 3.05) is 20.2 Å². The Morgan fingerprint density at radius 1 is 1.26 bits per heavy atom. The predicted molar refractivity (Wildman–Crippen MR) is 69.7 cm³/mol. The topological polar surface area (TPSA) is 59.5 Å². The lowest BCUT2D eigenvalue weighted by Crippen LogP contribution is -2.36. The van der Waals surface area contributed by atoms with Crippen molar-refractivity contribution < 1.29 is 14.3 Å². The summed E-state index contributed by atoms with van der Waals surface area (Å²) in [6.45, 7) is 1.69. The molecule has 1 aromatic heterocycles. The number of ether oxygens (including phenoxy) is 1. The van der Waals surface area contributed by atoms with Crippen molar-refractivity contribution in [1.29, 1.82) is 0 Å². The number of carbonyl (C=O) groups excluding carboxylic acids is 2. The minimum Gasteiger partial charge on any atom is -0.465 e. The average molecular weight is 262 g/mol. The van der Waals surface area contributed by atoms with Crippen molar-refractivity contribution in [3.8, 4) is 0 Å². The molecular weight excluding hydrogens is 244 g/mol. The fraction of sp³-hybridized carbons (Fsp3) is 0.500. The molecular formula is C14H18N2O3. The molecule has 0 aromatic carbocycles. The molecule has 0 N–H and O–H groups in total. The van der Waals surface area contributed by atoms with Crippen LogP contribution in [-0.4, -0.2) is 42.0 Å². The first-order chi connectivity index (χ1) is 9.20. The van der Waals surface area contributed by atoms with E-state index in [4.69, 9.17) is 0 Å². The molecule has 0 bridgehead atoms. The number of methoxy groups -OCH3 is 1. The van der Waals surface area contributed by atoms with Crippen molar-refractivity contribution in [3.05, 3.63) is 29.6 Å². The third kappa shape index (κ3) is 3.53. The first-order valence-corrected chi connectivity index (χ1v) is 6.51. The molecule has 2 rings (SSSR count). The number of nitrogens with zero attached hydrogens (tertiary/aromatic N) is 2. The van der Waals surface area contributed by atoms with Crippen LogP contribution in [0.5, 0.6) is 0 Å². The number of amides is 1. The van der Waals surface area contributed by atoms with Crippen LogP contribution in [0.2, 0.25) is 0 Å². The van der Waals surface area contributed by atoms with Gasteiger partial charge in [0.1, 0.15) is 0 Å². The highest BCUT2D eigenvalue weighted by Crippen LogP contribution is 2.11. The van der Waals surface area contributed by atoms with Crippen LogP contribution in [0.25, 0.3) is 0 Å². The van der Waals surface area contributed by atoms with Crippen molar-refractivity contribution in [3.63, 3.8) is 0 Å². The van der Waals surface area contributed by atoms with Crippen LogP contribution >= 0.6 is 0 Å². The first kappa shape index (κ1) is 13.5. The molecule has 1 aliphatic rings. The van der Waals surface area contributed by atoms with E-state index in [2.05, 4.69) is 9.72 Å². The highest BCUT2D eigenvalue weighted by Gasteiger charge is 2.17. The van der Waals surface area contributed by atoms with Gasteiger partial charge in [0.2, 0.25) is 5.91 Å². The van der Waals surface area contributed by atoms with Crippen LogP contribution in [0.1, 0.15) is 35.3 Å². The number of pyridine rings is 1. The minimum absolute atomic E-state index is 0.109. The minimum atomic E-state index is -0.415. The maximum atomic E-state index is 12.0. The van der Waals surface area contributed by atoms with Crippen LogP contribution in [-0.2, 0) is 16.0 Å². The second-order valence-electron chi connectivity index (χ2n) is 4.65. The Morgan fingerprint density at radius 2 is 2.00 bits per heavy atom. The Hall–Kier alpha value is -1.91. The summed E-state index contributed by atoms with van der Waals surface area (Å²) in [6.07, 6.45) is 5.11. The Morgan fingerprint density at radius 3 is 2.58 bits per heavy atom. The smallest absolute Gasteiger partial charge is 0.339 e. The Balaban J connectivity index is 1.95. The van der Waals surface area contributed by atoms with Gasteiger partial charge >= 0.3 is 5.97 Å². The molecule has 5 nitrogen and oxygen atoms in total. The molecule has 19 heavy (non-hydrogen) atoms. The van der Waals surface area contributed by atoms with E-state index >= 15 is 0 Å². The number of hydrogen-bond acceptors (Lipinski definition) is 4. The van der Waals surface area contributed by atoms with Crippen molar-refractivity contribution in [2.45, 2.75) is 25.7 Å². The third-order valence-electron chi connectivity index (χ3n) is 3.29. The van der Waals surface area contributed by atoms with Gasteiger partial charge in [0, 0.05) is 25.0 Å². The quantitative estimate of drug-likeness (QED) is 0.773. The number of rotatable bonds is 3.